The van der Waals surface area contributed by atoms with Crippen LogP contribution in [0, 0.1) is 10.1 Å². The molecular weight excluding hydrogens is 204 g/mol. The molecule has 0 spiro atoms. The van der Waals surface area contributed by atoms with E-state index in [1.54, 1.807) is 6.92 Å². The molecule has 0 aromatic heterocycles. The summed E-state index contributed by atoms with van der Waals surface area (Å²) in [5, 5.41) is 13.2. The topological polar surface area (TPSA) is 55.2 Å². The summed E-state index contributed by atoms with van der Waals surface area (Å²) in [5.74, 6) is 0. The molecule has 4 heteroatoms. The van der Waals surface area contributed by atoms with Crippen molar-refractivity contribution in [1.82, 2.24) is 5.32 Å². The Morgan fingerprint density at radius 2 is 2.12 bits per heavy atom. The number of nitro groups is 1. The van der Waals surface area contributed by atoms with Gasteiger partial charge >= 0.3 is 0 Å². The molecular formula is C12H16N2O2. The predicted octanol–water partition coefficient (Wildman–Crippen LogP) is 2.35. The molecule has 0 radical (unpaired) electrons. The van der Waals surface area contributed by atoms with Crippen LogP contribution in [0.5, 0.6) is 0 Å². The van der Waals surface area contributed by atoms with Gasteiger partial charge in [0.25, 0.3) is 6.20 Å². The normalized spacial score (nSPS) is 11.2. The number of hydrogen-bond donors (Lipinski definition) is 1. The monoisotopic (exact) mass is 220 g/mol. The van der Waals surface area contributed by atoms with Gasteiger partial charge in [0.2, 0.25) is 0 Å². The van der Waals surface area contributed by atoms with Gasteiger partial charge in [-0.3, -0.25) is 10.1 Å². The van der Waals surface area contributed by atoms with Crippen LogP contribution in [0.3, 0.4) is 0 Å². The lowest BCUT2D eigenvalue weighted by molar-refractivity contribution is -0.403. The highest BCUT2D eigenvalue weighted by Crippen LogP contribution is 2.01. The molecule has 0 unspecified atom stereocenters. The Morgan fingerprint density at radius 3 is 2.75 bits per heavy atom. The summed E-state index contributed by atoms with van der Waals surface area (Å²) in [4.78, 5) is 9.71. The molecule has 0 fully saturated rings. The van der Waals surface area contributed by atoms with Crippen LogP contribution in [0.15, 0.2) is 42.2 Å². The fourth-order valence-electron chi connectivity index (χ4n) is 1.43. The van der Waals surface area contributed by atoms with E-state index in [4.69, 9.17) is 0 Å². The first-order chi connectivity index (χ1) is 7.68. The molecule has 0 saturated heterocycles. The fourth-order valence-corrected chi connectivity index (χ4v) is 1.43. The van der Waals surface area contributed by atoms with E-state index >= 15 is 0 Å². The van der Waals surface area contributed by atoms with Crippen molar-refractivity contribution in [2.24, 2.45) is 0 Å². The molecule has 0 atom stereocenters. The van der Waals surface area contributed by atoms with Gasteiger partial charge in [0.1, 0.15) is 0 Å². The summed E-state index contributed by atoms with van der Waals surface area (Å²) in [7, 11) is 0. The number of aryl methyl sites for hydroxylation is 1. The highest BCUT2D eigenvalue weighted by atomic mass is 16.6. The lowest BCUT2D eigenvalue weighted by atomic mass is 10.1. The highest BCUT2D eigenvalue weighted by molar-refractivity contribution is 5.14. The first-order valence-electron chi connectivity index (χ1n) is 5.28. The number of nitrogens with one attached hydrogen (secondary N) is 1. The van der Waals surface area contributed by atoms with Gasteiger partial charge in [-0.15, -0.1) is 0 Å². The maximum absolute atomic E-state index is 10.2. The van der Waals surface area contributed by atoms with Crippen LogP contribution in [0.4, 0.5) is 0 Å². The van der Waals surface area contributed by atoms with Gasteiger partial charge in [-0.2, -0.15) is 0 Å². The first-order valence-corrected chi connectivity index (χ1v) is 5.28. The van der Waals surface area contributed by atoms with Gasteiger partial charge < -0.3 is 5.32 Å². The second-order valence-electron chi connectivity index (χ2n) is 3.61. The third-order valence-electron chi connectivity index (χ3n) is 2.19. The minimum atomic E-state index is -0.445. The molecule has 0 amide bonds. The Morgan fingerprint density at radius 1 is 1.44 bits per heavy atom. The van der Waals surface area contributed by atoms with Crippen molar-refractivity contribution in [2.75, 3.05) is 6.54 Å². The summed E-state index contributed by atoms with van der Waals surface area (Å²) in [5.41, 5.74) is 1.89. The number of nitrogens with zero attached hydrogens (tertiary/aromatic N) is 1. The van der Waals surface area contributed by atoms with Crippen LogP contribution in [0.25, 0.3) is 0 Å². The molecule has 1 aromatic rings. The van der Waals surface area contributed by atoms with E-state index in [-0.39, 0.29) is 0 Å². The number of rotatable bonds is 6. The van der Waals surface area contributed by atoms with Crippen LogP contribution in [0.1, 0.15) is 18.9 Å². The van der Waals surface area contributed by atoms with E-state index in [0.717, 1.165) is 25.6 Å². The van der Waals surface area contributed by atoms with Crippen molar-refractivity contribution < 1.29 is 4.92 Å². The Bertz CT molecular complexity index is 361. The minimum Gasteiger partial charge on any atom is -0.384 e. The van der Waals surface area contributed by atoms with E-state index < -0.39 is 4.92 Å². The molecule has 0 saturated carbocycles. The Kier molecular flexibility index (Phi) is 5.05. The second kappa shape index (κ2) is 6.61. The molecule has 0 aliphatic carbocycles. The lowest BCUT2D eigenvalue weighted by Gasteiger charge is -2.04. The Balaban J connectivity index is 2.20. The zero-order valence-corrected chi connectivity index (χ0v) is 9.35. The fraction of sp³-hybridized carbons (Fsp3) is 0.333. The van der Waals surface area contributed by atoms with Gasteiger partial charge in [-0.1, -0.05) is 30.3 Å². The average Bonchev–Trinajstić information content (AvgIpc) is 2.25. The maximum Gasteiger partial charge on any atom is 0.252 e. The van der Waals surface area contributed by atoms with Gasteiger partial charge in [0, 0.05) is 6.54 Å². The summed E-state index contributed by atoms with van der Waals surface area (Å²) in [6.07, 6.45) is 2.94. The van der Waals surface area contributed by atoms with Crippen LogP contribution < -0.4 is 5.32 Å². The van der Waals surface area contributed by atoms with Gasteiger partial charge in [0.05, 0.1) is 10.6 Å². The van der Waals surface area contributed by atoms with E-state index in [2.05, 4.69) is 17.4 Å². The van der Waals surface area contributed by atoms with Gasteiger partial charge in [0.15, 0.2) is 0 Å². The summed E-state index contributed by atoms with van der Waals surface area (Å²) in [6, 6.07) is 10.2. The quantitative estimate of drug-likeness (QED) is 0.455. The molecule has 86 valence electrons. The van der Waals surface area contributed by atoms with Crippen LogP contribution in [0.2, 0.25) is 0 Å². The molecule has 1 aromatic carbocycles. The third-order valence-corrected chi connectivity index (χ3v) is 2.19. The average molecular weight is 220 g/mol. The number of hydrogen-bond acceptors (Lipinski definition) is 3. The minimum absolute atomic E-state index is 0.445. The van der Waals surface area contributed by atoms with Crippen molar-refractivity contribution in [2.45, 2.75) is 19.8 Å². The second-order valence-corrected chi connectivity index (χ2v) is 3.61. The van der Waals surface area contributed by atoms with E-state index in [1.807, 2.05) is 18.2 Å². The van der Waals surface area contributed by atoms with E-state index in [0.29, 0.717) is 5.70 Å². The largest absolute Gasteiger partial charge is 0.384 e. The predicted molar refractivity (Wildman–Crippen MR) is 63.5 cm³/mol. The first kappa shape index (κ1) is 12.2. The summed E-state index contributed by atoms with van der Waals surface area (Å²) in [6.45, 7) is 2.45. The van der Waals surface area contributed by atoms with Crippen molar-refractivity contribution >= 4 is 0 Å². The van der Waals surface area contributed by atoms with Gasteiger partial charge in [-0.05, 0) is 25.3 Å². The van der Waals surface area contributed by atoms with Crippen molar-refractivity contribution in [3.63, 3.8) is 0 Å². The molecule has 0 aliphatic heterocycles. The Labute approximate surface area is 95.1 Å². The smallest absolute Gasteiger partial charge is 0.252 e. The van der Waals surface area contributed by atoms with Crippen molar-refractivity contribution in [1.29, 1.82) is 0 Å². The summed E-state index contributed by atoms with van der Waals surface area (Å²) < 4.78 is 0. The molecule has 1 rings (SSSR count). The van der Waals surface area contributed by atoms with E-state index in [9.17, 15) is 10.1 Å². The van der Waals surface area contributed by atoms with Crippen LogP contribution in [-0.2, 0) is 6.42 Å². The van der Waals surface area contributed by atoms with Gasteiger partial charge in [-0.25, -0.2) is 0 Å². The number of allylic oxidation sites excluding steroid dienone is 1. The lowest BCUT2D eigenvalue weighted by Crippen LogP contribution is -2.14. The van der Waals surface area contributed by atoms with Crippen LogP contribution in [-0.4, -0.2) is 11.5 Å². The zero-order valence-electron chi connectivity index (χ0n) is 9.35. The highest BCUT2D eigenvalue weighted by Gasteiger charge is 1.95. The molecule has 4 nitrogen and oxygen atoms in total. The standard InChI is InChI=1S/C12H16N2O2/c1-11(10-14(15)16)13-9-5-8-12-6-3-2-4-7-12/h2-4,6-7,10,13H,5,8-9H2,1H3/b11-10-. The molecule has 0 bridgehead atoms. The Hall–Kier alpha value is -1.84. The third kappa shape index (κ3) is 5.14. The van der Waals surface area contributed by atoms with Crippen molar-refractivity contribution in [3.8, 4) is 0 Å². The molecule has 16 heavy (non-hydrogen) atoms. The SMILES string of the molecule is C/C(=C/[N+](=O)[O-])NCCCc1ccccc1. The number of benzene rings is 1. The molecule has 1 N–H and O–H groups in total. The molecule has 0 heterocycles. The molecule has 0 aliphatic rings. The van der Waals surface area contributed by atoms with E-state index in [1.165, 1.54) is 5.56 Å². The van der Waals surface area contributed by atoms with Crippen molar-refractivity contribution in [3.05, 3.63) is 57.9 Å². The summed E-state index contributed by atoms with van der Waals surface area (Å²) >= 11 is 0. The maximum atomic E-state index is 10.2. The zero-order chi connectivity index (χ0) is 11.8. The van der Waals surface area contributed by atoms with Crippen LogP contribution >= 0.6 is 0 Å².